The van der Waals surface area contributed by atoms with Crippen LogP contribution in [0.5, 0.6) is 0 Å². The zero-order valence-electron chi connectivity index (χ0n) is 8.91. The molecule has 1 aliphatic carbocycles. The standard InChI is InChI=1S/C12H13N3S/c1-2-4-10(5-3-1)9-16-12-8-13-15(14-12)11-6-7-11/h1-5,8,11H,6-7,9H2. The molecule has 1 saturated carbocycles. The normalized spacial score (nSPS) is 15.2. The Balaban J connectivity index is 1.61. The van der Waals surface area contributed by atoms with E-state index in [9.17, 15) is 0 Å². The van der Waals surface area contributed by atoms with E-state index in [0.717, 1.165) is 10.8 Å². The molecule has 0 bridgehead atoms. The third-order valence-electron chi connectivity index (χ3n) is 2.59. The van der Waals surface area contributed by atoms with E-state index >= 15 is 0 Å². The first-order valence-corrected chi connectivity index (χ1v) is 6.49. The molecule has 0 atom stereocenters. The van der Waals surface area contributed by atoms with E-state index in [1.807, 2.05) is 17.1 Å². The largest absolute Gasteiger partial charge is 0.181 e. The van der Waals surface area contributed by atoms with Crippen LogP contribution in [-0.4, -0.2) is 15.0 Å². The van der Waals surface area contributed by atoms with E-state index in [1.165, 1.54) is 18.4 Å². The molecule has 1 aliphatic rings. The second kappa shape index (κ2) is 4.29. The van der Waals surface area contributed by atoms with Crippen LogP contribution in [0.4, 0.5) is 0 Å². The van der Waals surface area contributed by atoms with E-state index in [4.69, 9.17) is 0 Å². The fraction of sp³-hybridized carbons (Fsp3) is 0.333. The van der Waals surface area contributed by atoms with Gasteiger partial charge in [-0.25, -0.2) is 0 Å². The van der Waals surface area contributed by atoms with Gasteiger partial charge >= 0.3 is 0 Å². The van der Waals surface area contributed by atoms with Crippen molar-refractivity contribution in [1.82, 2.24) is 15.0 Å². The number of rotatable bonds is 4. The Bertz CT molecular complexity index is 462. The topological polar surface area (TPSA) is 30.7 Å². The maximum atomic E-state index is 4.46. The number of hydrogen-bond acceptors (Lipinski definition) is 3. The average molecular weight is 231 g/mol. The summed E-state index contributed by atoms with van der Waals surface area (Å²) in [5, 5.41) is 9.75. The Hall–Kier alpha value is -1.29. The first-order valence-electron chi connectivity index (χ1n) is 5.50. The molecule has 1 heterocycles. The van der Waals surface area contributed by atoms with Crippen LogP contribution in [0.2, 0.25) is 0 Å². The molecule has 3 nitrogen and oxygen atoms in total. The van der Waals surface area contributed by atoms with E-state index in [2.05, 4.69) is 34.5 Å². The van der Waals surface area contributed by atoms with Crippen molar-refractivity contribution in [3.05, 3.63) is 42.1 Å². The number of aromatic nitrogens is 3. The van der Waals surface area contributed by atoms with Crippen molar-refractivity contribution in [1.29, 1.82) is 0 Å². The van der Waals surface area contributed by atoms with Gasteiger partial charge in [0, 0.05) is 5.75 Å². The van der Waals surface area contributed by atoms with Gasteiger partial charge in [0.2, 0.25) is 0 Å². The van der Waals surface area contributed by atoms with Crippen molar-refractivity contribution in [2.24, 2.45) is 0 Å². The van der Waals surface area contributed by atoms with Crippen LogP contribution < -0.4 is 0 Å². The summed E-state index contributed by atoms with van der Waals surface area (Å²) < 4.78 is 0. The van der Waals surface area contributed by atoms with E-state index in [1.54, 1.807) is 11.8 Å². The van der Waals surface area contributed by atoms with Gasteiger partial charge in [-0.05, 0) is 18.4 Å². The third kappa shape index (κ3) is 2.27. The van der Waals surface area contributed by atoms with Crippen LogP contribution in [0.15, 0.2) is 41.6 Å². The molecule has 0 aliphatic heterocycles. The SMILES string of the molecule is c1ccc(CSc2cnn(C3CC3)n2)cc1. The Morgan fingerprint density at radius 3 is 2.81 bits per heavy atom. The molecule has 1 aromatic heterocycles. The number of nitrogens with zero attached hydrogens (tertiary/aromatic N) is 3. The fourth-order valence-corrected chi connectivity index (χ4v) is 2.31. The molecule has 0 saturated heterocycles. The first-order chi connectivity index (χ1) is 7.92. The summed E-state index contributed by atoms with van der Waals surface area (Å²) in [7, 11) is 0. The van der Waals surface area contributed by atoms with Crippen LogP contribution in [0.3, 0.4) is 0 Å². The summed E-state index contributed by atoms with van der Waals surface area (Å²) in [6, 6.07) is 11.0. The molecular weight excluding hydrogens is 218 g/mol. The van der Waals surface area contributed by atoms with Crippen molar-refractivity contribution in [3.63, 3.8) is 0 Å². The van der Waals surface area contributed by atoms with Crippen molar-refractivity contribution < 1.29 is 0 Å². The minimum atomic E-state index is 0.575. The van der Waals surface area contributed by atoms with E-state index in [0.29, 0.717) is 6.04 Å². The van der Waals surface area contributed by atoms with E-state index < -0.39 is 0 Å². The molecule has 16 heavy (non-hydrogen) atoms. The summed E-state index contributed by atoms with van der Waals surface area (Å²) in [5.74, 6) is 0.962. The summed E-state index contributed by atoms with van der Waals surface area (Å²) in [5.41, 5.74) is 1.33. The molecule has 82 valence electrons. The highest BCUT2D eigenvalue weighted by Gasteiger charge is 2.25. The summed E-state index contributed by atoms with van der Waals surface area (Å²) >= 11 is 1.75. The molecule has 0 amide bonds. The lowest BCUT2D eigenvalue weighted by Gasteiger charge is -1.97. The quantitative estimate of drug-likeness (QED) is 0.758. The lowest BCUT2D eigenvalue weighted by Crippen LogP contribution is -1.97. The minimum absolute atomic E-state index is 0.575. The second-order valence-electron chi connectivity index (χ2n) is 4.01. The van der Waals surface area contributed by atoms with E-state index in [-0.39, 0.29) is 0 Å². The Labute approximate surface area is 98.9 Å². The van der Waals surface area contributed by atoms with Gasteiger partial charge < -0.3 is 0 Å². The van der Waals surface area contributed by atoms with Crippen molar-refractivity contribution in [3.8, 4) is 0 Å². The zero-order valence-corrected chi connectivity index (χ0v) is 9.73. The number of thioether (sulfide) groups is 1. The monoisotopic (exact) mass is 231 g/mol. The molecule has 0 unspecified atom stereocenters. The van der Waals surface area contributed by atoms with Gasteiger partial charge in [0.1, 0.15) is 5.03 Å². The highest BCUT2D eigenvalue weighted by molar-refractivity contribution is 7.98. The molecule has 2 aromatic rings. The average Bonchev–Trinajstić information content (AvgIpc) is 3.08. The van der Waals surface area contributed by atoms with Gasteiger partial charge in [0.05, 0.1) is 12.2 Å². The van der Waals surface area contributed by atoms with Crippen LogP contribution in [-0.2, 0) is 5.75 Å². The zero-order chi connectivity index (χ0) is 10.8. The summed E-state index contributed by atoms with van der Waals surface area (Å²) in [6.07, 6.45) is 4.33. The second-order valence-corrected chi connectivity index (χ2v) is 5.00. The lowest BCUT2D eigenvalue weighted by molar-refractivity contribution is 0.544. The van der Waals surface area contributed by atoms with Gasteiger partial charge in [-0.2, -0.15) is 9.90 Å². The molecular formula is C12H13N3S. The maximum absolute atomic E-state index is 4.46. The van der Waals surface area contributed by atoms with Crippen molar-refractivity contribution in [2.75, 3.05) is 0 Å². The molecule has 3 rings (SSSR count). The van der Waals surface area contributed by atoms with Crippen LogP contribution >= 0.6 is 11.8 Å². The number of benzene rings is 1. The van der Waals surface area contributed by atoms with Crippen LogP contribution in [0.25, 0.3) is 0 Å². The summed E-state index contributed by atoms with van der Waals surface area (Å²) in [6.45, 7) is 0. The Morgan fingerprint density at radius 2 is 2.06 bits per heavy atom. The fourth-order valence-electron chi connectivity index (χ4n) is 1.54. The smallest absolute Gasteiger partial charge is 0.139 e. The highest BCUT2D eigenvalue weighted by Crippen LogP contribution is 2.33. The number of hydrogen-bond donors (Lipinski definition) is 0. The van der Waals surface area contributed by atoms with Crippen LogP contribution in [0, 0.1) is 0 Å². The predicted molar refractivity (Wildman–Crippen MR) is 64.3 cm³/mol. The molecule has 0 spiro atoms. The van der Waals surface area contributed by atoms with Gasteiger partial charge in [-0.1, -0.05) is 42.1 Å². The lowest BCUT2D eigenvalue weighted by atomic mass is 10.2. The molecule has 1 aromatic carbocycles. The first kappa shape index (κ1) is 9.90. The molecule has 0 N–H and O–H groups in total. The van der Waals surface area contributed by atoms with Crippen LogP contribution in [0.1, 0.15) is 24.4 Å². The Kier molecular flexibility index (Phi) is 2.66. The Morgan fingerprint density at radius 1 is 1.25 bits per heavy atom. The minimum Gasteiger partial charge on any atom is -0.181 e. The third-order valence-corrected chi connectivity index (χ3v) is 3.55. The molecule has 4 heteroatoms. The molecule has 1 fully saturated rings. The van der Waals surface area contributed by atoms with Gasteiger partial charge in [0.25, 0.3) is 0 Å². The van der Waals surface area contributed by atoms with Gasteiger partial charge in [0.15, 0.2) is 0 Å². The highest BCUT2D eigenvalue weighted by atomic mass is 32.2. The maximum Gasteiger partial charge on any atom is 0.139 e. The van der Waals surface area contributed by atoms with Crippen molar-refractivity contribution >= 4 is 11.8 Å². The van der Waals surface area contributed by atoms with Gasteiger partial charge in [-0.3, -0.25) is 0 Å². The summed E-state index contributed by atoms with van der Waals surface area (Å²) in [4.78, 5) is 1.85. The predicted octanol–water partition coefficient (Wildman–Crippen LogP) is 2.91. The van der Waals surface area contributed by atoms with Gasteiger partial charge in [-0.15, -0.1) is 5.10 Å². The molecule has 0 radical (unpaired) electrons. The van der Waals surface area contributed by atoms with Crippen molar-refractivity contribution in [2.45, 2.75) is 29.7 Å².